The summed E-state index contributed by atoms with van der Waals surface area (Å²) in [5.74, 6) is -3.28. The topological polar surface area (TPSA) is 74.9 Å². The molecule has 1 atom stereocenters. The Kier molecular flexibility index (Phi) is 3.68. The molecule has 1 saturated heterocycles. The van der Waals surface area contributed by atoms with Crippen molar-refractivity contribution in [1.82, 2.24) is 0 Å². The smallest absolute Gasteiger partial charge is 0.452 e. The lowest BCUT2D eigenvalue weighted by Gasteiger charge is -2.16. The maximum Gasteiger partial charge on any atom is 0.452 e. The molecule has 0 aliphatic carbocycles. The molecule has 14 heavy (non-hydrogen) atoms. The van der Waals surface area contributed by atoms with Gasteiger partial charge in [-0.15, -0.1) is 0 Å². The third-order valence-electron chi connectivity index (χ3n) is 1.62. The zero-order chi connectivity index (χ0) is 10.3. The summed E-state index contributed by atoms with van der Waals surface area (Å²) in [4.78, 5) is 21.5. The minimum absolute atomic E-state index is 0. The molecule has 1 fully saturated rings. The number of ether oxygens (including phenoxy) is 1. The molecule has 1 aliphatic heterocycles. The summed E-state index contributed by atoms with van der Waals surface area (Å²) < 4.78 is 37.9. The largest absolute Gasteiger partial charge is 0.464 e. The molecule has 0 bridgehead atoms. The van der Waals surface area contributed by atoms with Gasteiger partial charge in [-0.2, -0.15) is 13.2 Å². The highest BCUT2D eigenvalue weighted by molar-refractivity contribution is 9.10. The third-order valence-corrected chi connectivity index (χ3v) is 2.70. The number of rotatable bonds is 1. The van der Waals surface area contributed by atoms with E-state index in [4.69, 9.17) is 0 Å². The summed E-state index contributed by atoms with van der Waals surface area (Å²) in [7, 11) is 0. The van der Waals surface area contributed by atoms with E-state index in [9.17, 15) is 22.8 Å². The quantitative estimate of drug-likeness (QED) is 0.395. The lowest BCUT2D eigenvalue weighted by Crippen LogP contribution is -2.45. The van der Waals surface area contributed by atoms with Crippen molar-refractivity contribution in [3.63, 3.8) is 0 Å². The molecule has 2 N–H and O–H groups in total. The summed E-state index contributed by atoms with van der Waals surface area (Å²) in [6.07, 6.45) is -5.31. The van der Waals surface area contributed by atoms with E-state index in [0.29, 0.717) is 0 Å². The Morgan fingerprint density at radius 3 is 2.29 bits per heavy atom. The minimum Gasteiger partial charge on any atom is -0.464 e. The molecule has 0 radical (unpaired) electrons. The fourth-order valence-corrected chi connectivity index (χ4v) is 1.43. The van der Waals surface area contributed by atoms with Crippen LogP contribution in [-0.2, 0) is 14.3 Å². The molecule has 0 aromatic carbocycles. The van der Waals surface area contributed by atoms with E-state index in [1.165, 1.54) is 0 Å². The molecule has 0 spiro atoms. The number of hydrogen-bond donors (Lipinski definition) is 0. The van der Waals surface area contributed by atoms with Gasteiger partial charge >= 0.3 is 12.1 Å². The molecule has 0 amide bonds. The standard InChI is InChI=1S/C6H4BrF3O3.H2O/c7-5(1-2-13-4(5)12)3(11)6(8,9)10;/h1-2H2;1H2. The first-order valence-corrected chi connectivity index (χ1v) is 4.05. The molecular formula is C6H6BrF3O4. The van der Waals surface area contributed by atoms with Crippen molar-refractivity contribution >= 4 is 27.7 Å². The van der Waals surface area contributed by atoms with Gasteiger partial charge in [-0.1, -0.05) is 15.9 Å². The average Bonchev–Trinajstić information content (AvgIpc) is 2.30. The number of halogens is 4. The van der Waals surface area contributed by atoms with Gasteiger partial charge in [0.15, 0.2) is 4.32 Å². The molecule has 0 aromatic heterocycles. The highest BCUT2D eigenvalue weighted by atomic mass is 79.9. The number of carbonyl (C=O) groups is 2. The Bertz CT molecular complexity index is 264. The molecule has 4 nitrogen and oxygen atoms in total. The van der Waals surface area contributed by atoms with E-state index in [0.717, 1.165) is 0 Å². The number of ketones is 1. The maximum atomic E-state index is 11.9. The Morgan fingerprint density at radius 1 is 1.50 bits per heavy atom. The summed E-state index contributed by atoms with van der Waals surface area (Å²) in [5, 5.41) is 0. The maximum absolute atomic E-state index is 11.9. The van der Waals surface area contributed by atoms with Crippen LogP contribution in [0.4, 0.5) is 13.2 Å². The van der Waals surface area contributed by atoms with Crippen molar-refractivity contribution in [3.8, 4) is 0 Å². The first-order chi connectivity index (χ1) is 5.78. The van der Waals surface area contributed by atoms with Crippen LogP contribution < -0.4 is 0 Å². The zero-order valence-corrected chi connectivity index (χ0v) is 8.24. The van der Waals surface area contributed by atoms with Crippen molar-refractivity contribution in [2.45, 2.75) is 16.9 Å². The van der Waals surface area contributed by atoms with E-state index < -0.39 is 22.3 Å². The van der Waals surface area contributed by atoms with Gasteiger partial charge in [-0.3, -0.25) is 9.59 Å². The van der Waals surface area contributed by atoms with Crippen LogP contribution in [0, 0.1) is 0 Å². The lowest BCUT2D eigenvalue weighted by molar-refractivity contribution is -0.175. The molecule has 1 unspecified atom stereocenters. The van der Waals surface area contributed by atoms with Crippen molar-refractivity contribution < 1.29 is 33.0 Å². The van der Waals surface area contributed by atoms with E-state index in [-0.39, 0.29) is 18.5 Å². The zero-order valence-electron chi connectivity index (χ0n) is 6.65. The molecule has 8 heteroatoms. The molecule has 1 aliphatic rings. The van der Waals surface area contributed by atoms with Gasteiger partial charge in [0, 0.05) is 6.42 Å². The van der Waals surface area contributed by atoms with Crippen LogP contribution in [0.3, 0.4) is 0 Å². The Labute approximate surface area is 84.8 Å². The van der Waals surface area contributed by atoms with Gasteiger partial charge in [0.2, 0.25) is 0 Å². The number of esters is 1. The van der Waals surface area contributed by atoms with Crippen LogP contribution >= 0.6 is 15.9 Å². The van der Waals surface area contributed by atoms with Crippen LogP contribution in [0.2, 0.25) is 0 Å². The Hall–Kier alpha value is -0.630. The van der Waals surface area contributed by atoms with E-state index in [1.54, 1.807) is 0 Å². The van der Waals surface area contributed by atoms with Crippen molar-refractivity contribution in [2.24, 2.45) is 0 Å². The van der Waals surface area contributed by atoms with E-state index in [1.807, 2.05) is 0 Å². The number of cyclic esters (lactones) is 1. The second-order valence-corrected chi connectivity index (χ2v) is 3.87. The second-order valence-electron chi connectivity index (χ2n) is 2.51. The Balaban J connectivity index is 0.00000169. The number of hydrogen-bond acceptors (Lipinski definition) is 3. The third kappa shape index (κ3) is 2.06. The van der Waals surface area contributed by atoms with Crippen LogP contribution in [-0.4, -0.2) is 34.3 Å². The van der Waals surface area contributed by atoms with Crippen LogP contribution in [0.1, 0.15) is 6.42 Å². The lowest BCUT2D eigenvalue weighted by atomic mass is 10.0. The van der Waals surface area contributed by atoms with Crippen molar-refractivity contribution in [2.75, 3.05) is 6.61 Å². The predicted molar refractivity (Wildman–Crippen MR) is 41.9 cm³/mol. The monoisotopic (exact) mass is 278 g/mol. The van der Waals surface area contributed by atoms with Crippen LogP contribution in [0.5, 0.6) is 0 Å². The van der Waals surface area contributed by atoms with Crippen molar-refractivity contribution in [1.29, 1.82) is 0 Å². The van der Waals surface area contributed by atoms with Crippen LogP contribution in [0.15, 0.2) is 0 Å². The fourth-order valence-electron chi connectivity index (χ4n) is 0.932. The van der Waals surface area contributed by atoms with Gasteiger partial charge < -0.3 is 10.2 Å². The molecule has 0 aromatic rings. The molecule has 82 valence electrons. The normalized spacial score (nSPS) is 26.7. The number of Topliss-reactive ketones (excluding diaryl/α,β-unsaturated/α-hetero) is 1. The van der Waals surface area contributed by atoms with Gasteiger partial charge in [-0.25, -0.2) is 0 Å². The first-order valence-electron chi connectivity index (χ1n) is 3.26. The van der Waals surface area contributed by atoms with Gasteiger partial charge in [-0.05, 0) is 0 Å². The van der Waals surface area contributed by atoms with E-state index in [2.05, 4.69) is 20.7 Å². The van der Waals surface area contributed by atoms with Crippen molar-refractivity contribution in [3.05, 3.63) is 0 Å². The fraction of sp³-hybridized carbons (Fsp3) is 0.667. The van der Waals surface area contributed by atoms with Gasteiger partial charge in [0.1, 0.15) is 0 Å². The number of alkyl halides is 4. The second kappa shape index (κ2) is 3.85. The minimum atomic E-state index is -5.02. The highest BCUT2D eigenvalue weighted by Gasteiger charge is 2.59. The number of carbonyl (C=O) groups excluding carboxylic acids is 2. The molecular weight excluding hydrogens is 273 g/mol. The van der Waals surface area contributed by atoms with Gasteiger partial charge in [0.05, 0.1) is 6.61 Å². The summed E-state index contributed by atoms with van der Waals surface area (Å²) >= 11 is 2.47. The summed E-state index contributed by atoms with van der Waals surface area (Å²) in [6.45, 7) is -0.175. The molecule has 1 rings (SSSR count). The predicted octanol–water partition coefficient (Wildman–Crippen LogP) is 0.374. The first kappa shape index (κ1) is 13.4. The molecule has 1 heterocycles. The molecule has 0 saturated carbocycles. The highest BCUT2D eigenvalue weighted by Crippen LogP contribution is 2.36. The summed E-state index contributed by atoms with van der Waals surface area (Å²) in [6, 6.07) is 0. The Morgan fingerprint density at radius 2 is 2.00 bits per heavy atom. The average molecular weight is 279 g/mol. The van der Waals surface area contributed by atoms with Crippen LogP contribution in [0.25, 0.3) is 0 Å². The van der Waals surface area contributed by atoms with Gasteiger partial charge in [0.25, 0.3) is 5.78 Å². The summed E-state index contributed by atoms with van der Waals surface area (Å²) in [5.41, 5.74) is 0. The SMILES string of the molecule is O.O=C1OCCC1(Br)C(=O)C(F)(F)F. The van der Waals surface area contributed by atoms with E-state index >= 15 is 0 Å².